The van der Waals surface area contributed by atoms with Crippen molar-refractivity contribution in [3.05, 3.63) is 267 Å². The SMILES string of the molecule is Brc1ccc2c(cnn2C2CCOC2)c1.Cc1cc(-n2nc3c(c2-n2cc[nH]c2=O)[C@H](C)N(C(=O)OC(C)(C)C)CC3)cc(C)c1F.Cc1cc(-n2nc3c(c2-n2ccn(-c4ccc5c(cnn5C5CCOC5)c4)c2=O)[C@H](C)N(C(=O)OC(C)(C)C)CC3)cc(C)c1F.Cc1cc(-n2nc3c(c2-n2ccn(-c4ccc5c(cnn5C5CCOC5)c4)c2=O)[C@H](C)NCC3)cc(C)c1F.Cl. The van der Waals surface area contributed by atoms with E-state index in [-0.39, 0.29) is 71.1 Å². The van der Waals surface area contributed by atoms with E-state index in [4.69, 9.17) is 39.0 Å². The zero-order valence-electron chi connectivity index (χ0n) is 76.9. The smallest absolute Gasteiger partial charge is 0.410 e. The number of carbonyl (C=O) groups excluding carboxylic acids is 2. The molecular weight excluding hydrogens is 1790 g/mol. The van der Waals surface area contributed by atoms with Crippen molar-refractivity contribution in [1.29, 1.82) is 0 Å². The predicted octanol–water partition coefficient (Wildman–Crippen LogP) is 17.0. The minimum Gasteiger partial charge on any atom is -0.444 e. The van der Waals surface area contributed by atoms with E-state index in [1.165, 1.54) is 15.5 Å². The van der Waals surface area contributed by atoms with Crippen molar-refractivity contribution in [2.24, 2.45) is 0 Å². The normalized spacial score (nSPS) is 18.3. The number of fused-ring (bicyclic) bond motifs is 6. The van der Waals surface area contributed by atoms with Gasteiger partial charge in [0.2, 0.25) is 0 Å². The number of H-pyrrole nitrogens is 1. The third-order valence-corrected chi connectivity index (χ3v) is 25.8. The Balaban J connectivity index is 0.000000130. The molecule has 2 amide bonds. The first-order chi connectivity index (χ1) is 63.1. The highest BCUT2D eigenvalue weighted by Gasteiger charge is 2.41. The van der Waals surface area contributed by atoms with Gasteiger partial charge in [0.05, 0.1) is 131 Å². The van der Waals surface area contributed by atoms with Crippen LogP contribution in [0, 0.1) is 59.0 Å². The minimum absolute atomic E-state index is 0. The molecule has 2 N–H and O–H groups in total. The van der Waals surface area contributed by atoms with Crippen LogP contribution in [0.4, 0.5) is 22.8 Å². The number of hydrogen-bond donors (Lipinski definition) is 2. The fraction of sp³-hybridized carbons (Fsp3) is 0.392. The van der Waals surface area contributed by atoms with Crippen LogP contribution in [-0.2, 0) is 42.9 Å². The minimum atomic E-state index is -0.663. The van der Waals surface area contributed by atoms with Crippen LogP contribution in [0.1, 0.15) is 185 Å². The van der Waals surface area contributed by atoms with Gasteiger partial charge in [0.25, 0.3) is 0 Å². The molecule has 6 atom stereocenters. The number of benzene rings is 6. The summed E-state index contributed by atoms with van der Waals surface area (Å²) in [5.74, 6) is 0.922. The van der Waals surface area contributed by atoms with Crippen LogP contribution in [-0.4, -0.2) is 179 Å². The van der Waals surface area contributed by atoms with E-state index in [9.17, 15) is 37.1 Å². The molecule has 0 spiro atoms. The molecule has 9 aromatic heterocycles. The molecule has 0 bridgehead atoms. The number of carbonyl (C=O) groups is 2. The van der Waals surface area contributed by atoms with Gasteiger partial charge in [-0.3, -0.25) is 36.9 Å². The molecule has 3 unspecified atom stereocenters. The molecule has 6 aliphatic heterocycles. The van der Waals surface area contributed by atoms with Crippen LogP contribution >= 0.6 is 28.3 Å². The fourth-order valence-corrected chi connectivity index (χ4v) is 19.2. The highest BCUT2D eigenvalue weighted by molar-refractivity contribution is 9.10. The van der Waals surface area contributed by atoms with Crippen molar-refractivity contribution in [3.63, 3.8) is 0 Å². The van der Waals surface area contributed by atoms with Gasteiger partial charge in [-0.2, -0.15) is 30.6 Å². The highest BCUT2D eigenvalue weighted by Crippen LogP contribution is 2.41. The Labute approximate surface area is 779 Å². The topological polar surface area (TPSA) is 297 Å². The Hall–Kier alpha value is -12.7. The molecule has 31 nitrogen and oxygen atoms in total. The molecule has 15 aromatic rings. The molecule has 3 fully saturated rings. The first kappa shape index (κ1) is 92.2. The lowest BCUT2D eigenvalue weighted by molar-refractivity contribution is 0.0148. The molecule has 15 heterocycles. The number of nitrogens with one attached hydrogen (secondary N) is 2. The molecule has 36 heteroatoms. The zero-order valence-corrected chi connectivity index (χ0v) is 79.3. The van der Waals surface area contributed by atoms with Gasteiger partial charge in [0.1, 0.15) is 46.1 Å². The Kier molecular flexibility index (Phi) is 25.4. The number of aromatic nitrogens is 18. The summed E-state index contributed by atoms with van der Waals surface area (Å²) >= 11 is 3.46. The van der Waals surface area contributed by atoms with Crippen molar-refractivity contribution < 1.29 is 46.4 Å². The Morgan fingerprint density at radius 1 is 0.451 bits per heavy atom. The number of aryl methyl sites for hydroxylation is 6. The van der Waals surface area contributed by atoms with Crippen molar-refractivity contribution in [2.45, 2.75) is 190 Å². The lowest BCUT2D eigenvalue weighted by Crippen LogP contribution is -2.42. The van der Waals surface area contributed by atoms with Crippen molar-refractivity contribution >= 4 is 73.2 Å². The summed E-state index contributed by atoms with van der Waals surface area (Å²) in [5.41, 5.74) is 12.5. The summed E-state index contributed by atoms with van der Waals surface area (Å²) < 4.78 is 91.5. The summed E-state index contributed by atoms with van der Waals surface area (Å²) in [5, 5.41) is 34.9. The van der Waals surface area contributed by atoms with Gasteiger partial charge in [-0.25, -0.2) is 51.2 Å². The second-order valence-electron chi connectivity index (χ2n) is 36.9. The van der Waals surface area contributed by atoms with Crippen molar-refractivity contribution in [3.8, 4) is 45.9 Å². The molecular formula is C97H108BrClF3N21O10. The van der Waals surface area contributed by atoms with E-state index in [0.717, 1.165) is 130 Å². The maximum Gasteiger partial charge on any atom is 0.410 e. The standard InChI is InChI=1S/C34H38FN7O4.C29H30FN7O2.C23H28FN5O3.C11H11BrN2O.ClH/c1-20-15-26(16-21(2)30(20)35)42-31(29-22(3)38(11-9-27(29)37-42)33(44)46-34(4,5)6)40-13-12-39(32(40)43)24-7-8-28-23(17-24)18-36-41(28)25-10-14-45-19-25;1-17-12-23(13-18(2)27(17)30)37-28(26-19(3)31-8-6-24(26)33-37)35-10-9-34(29(35)38)21-4-5-25-20(14-21)15-32-36(25)22-7-11-39-16-22;1-13-11-16(12-14(2)19(13)24)29-20(28-10-8-25-21(28)30)18-15(3)27(9-7-17(18)26-29)22(31)32-23(4,5)6;12-9-1-2-11-8(5-9)6-13-14(11)10-3-4-15-7-10;/h7-8,12-13,15-18,22,25H,9-11,14,19H2,1-6H3;4-5,9-10,12-15,19,22,31H,6-8,11,16H2,1-3H3;8,10-12,15H,7,9H2,1-6H3,(H,25,30);1-2,5-6,10H,3-4,7H2;1H/t22-,25?;19-,22?;15-;;/m000../s1. The summed E-state index contributed by atoms with van der Waals surface area (Å²) in [6.45, 7) is 33.3. The molecule has 21 rings (SSSR count). The molecule has 133 heavy (non-hydrogen) atoms. The van der Waals surface area contributed by atoms with Crippen LogP contribution < -0.4 is 22.4 Å². The van der Waals surface area contributed by atoms with E-state index < -0.39 is 29.4 Å². The molecule has 0 radical (unpaired) electrons. The lowest BCUT2D eigenvalue weighted by atomic mass is 10.00. The maximum atomic E-state index is 14.7. The Morgan fingerprint density at radius 3 is 1.17 bits per heavy atom. The molecule has 0 aliphatic carbocycles. The third kappa shape index (κ3) is 17.7. The Bertz CT molecular complexity index is 7100. The van der Waals surface area contributed by atoms with Gasteiger partial charge < -0.3 is 43.8 Å². The molecule has 696 valence electrons. The summed E-state index contributed by atoms with van der Waals surface area (Å²) in [7, 11) is 0. The molecule has 3 saturated heterocycles. The summed E-state index contributed by atoms with van der Waals surface area (Å²) in [4.78, 5) is 72.9. The number of halogens is 5. The number of rotatable bonds is 11. The number of ether oxygens (including phenoxy) is 5. The molecule has 0 saturated carbocycles. The number of aromatic amines is 1. The van der Waals surface area contributed by atoms with Gasteiger partial charge in [-0.15, -0.1) is 12.4 Å². The van der Waals surface area contributed by atoms with Crippen molar-refractivity contribution in [2.75, 3.05) is 59.3 Å². The maximum absolute atomic E-state index is 14.7. The quantitative estimate of drug-likeness (QED) is 0.122. The average molecular weight is 1900 g/mol. The van der Waals surface area contributed by atoms with Gasteiger partial charge in [0.15, 0.2) is 0 Å². The van der Waals surface area contributed by atoms with Crippen molar-refractivity contribution in [1.82, 2.24) is 102 Å². The predicted molar refractivity (Wildman–Crippen MR) is 504 cm³/mol. The van der Waals surface area contributed by atoms with Crippen LogP contribution in [0.5, 0.6) is 0 Å². The number of nitrogens with zero attached hydrogens (tertiary/aromatic N) is 19. The van der Waals surface area contributed by atoms with Crippen LogP contribution in [0.25, 0.3) is 78.6 Å². The number of amides is 2. The highest BCUT2D eigenvalue weighted by atomic mass is 79.9. The van der Waals surface area contributed by atoms with Crippen LogP contribution in [0.15, 0.2) is 166 Å². The second-order valence-corrected chi connectivity index (χ2v) is 37.8. The van der Waals surface area contributed by atoms with E-state index in [0.29, 0.717) is 113 Å². The summed E-state index contributed by atoms with van der Waals surface area (Å²) in [6, 6.07) is 28.5. The Morgan fingerprint density at radius 2 is 0.805 bits per heavy atom. The van der Waals surface area contributed by atoms with E-state index in [1.807, 2.05) is 120 Å². The monoisotopic (exact) mass is 1900 g/mol. The zero-order chi connectivity index (χ0) is 92.9. The first-order valence-electron chi connectivity index (χ1n) is 44.7. The molecule has 6 aliphatic rings. The van der Waals surface area contributed by atoms with Gasteiger partial charge in [-0.05, 0) is 247 Å². The van der Waals surface area contributed by atoms with E-state index in [2.05, 4.69) is 71.3 Å². The summed E-state index contributed by atoms with van der Waals surface area (Å²) in [6.07, 6.45) is 19.6. The molecule has 6 aromatic carbocycles. The lowest BCUT2D eigenvalue weighted by Gasteiger charge is -2.34. The largest absolute Gasteiger partial charge is 0.444 e. The van der Waals surface area contributed by atoms with Crippen LogP contribution in [0.3, 0.4) is 0 Å². The van der Waals surface area contributed by atoms with E-state index >= 15 is 0 Å². The third-order valence-electron chi connectivity index (χ3n) is 25.3. The second kappa shape index (κ2) is 36.7. The van der Waals surface area contributed by atoms with Gasteiger partial charge >= 0.3 is 29.3 Å². The number of hydrogen-bond acceptors (Lipinski definition) is 17. The number of imidazole rings is 3. The van der Waals surface area contributed by atoms with Gasteiger partial charge in [-0.1, -0.05) is 15.9 Å². The van der Waals surface area contributed by atoms with Gasteiger partial charge in [0, 0.05) is 139 Å². The fourth-order valence-electron chi connectivity index (χ4n) is 18.8. The average Bonchev–Trinajstić information content (AvgIpc) is 1.58. The van der Waals surface area contributed by atoms with E-state index in [1.54, 1.807) is 157 Å². The first-order valence-corrected chi connectivity index (χ1v) is 45.5. The van der Waals surface area contributed by atoms with Crippen LogP contribution in [0.2, 0.25) is 0 Å².